The van der Waals surface area contributed by atoms with Crippen molar-refractivity contribution in [2.24, 2.45) is 0 Å². The number of aromatic nitrogens is 3. The van der Waals surface area contributed by atoms with Gasteiger partial charge in [-0.2, -0.15) is 0 Å². The average molecular weight is 528 g/mol. The second-order valence-corrected chi connectivity index (χ2v) is 10.1. The van der Waals surface area contributed by atoms with Crippen LogP contribution in [0.15, 0.2) is 77.9 Å². The van der Waals surface area contributed by atoms with Crippen LogP contribution in [0.25, 0.3) is 11.0 Å². The van der Waals surface area contributed by atoms with Crippen LogP contribution in [0.4, 0.5) is 11.4 Å². The lowest BCUT2D eigenvalue weighted by atomic mass is 10.0. The smallest absolute Gasteiger partial charge is 0.329 e. The second-order valence-electron chi connectivity index (χ2n) is 10.1. The molecule has 1 amide bonds. The van der Waals surface area contributed by atoms with Crippen molar-refractivity contribution in [1.29, 1.82) is 0 Å². The highest BCUT2D eigenvalue weighted by molar-refractivity contribution is 5.94. The van der Waals surface area contributed by atoms with Crippen molar-refractivity contribution in [3.05, 3.63) is 89.1 Å². The Balaban J connectivity index is 1.28. The van der Waals surface area contributed by atoms with Gasteiger partial charge in [0.1, 0.15) is 0 Å². The van der Waals surface area contributed by atoms with Gasteiger partial charge in [-0.05, 0) is 67.8 Å². The van der Waals surface area contributed by atoms with Crippen LogP contribution in [0.1, 0.15) is 49.0 Å². The molecule has 0 spiro atoms. The molecule has 39 heavy (non-hydrogen) atoms. The van der Waals surface area contributed by atoms with Gasteiger partial charge in [0, 0.05) is 62.1 Å². The highest BCUT2D eigenvalue weighted by Crippen LogP contribution is 2.28. The maximum atomic E-state index is 13.4. The molecule has 1 aliphatic heterocycles. The van der Waals surface area contributed by atoms with E-state index in [1.165, 1.54) is 0 Å². The molecule has 2 aromatic carbocycles. The van der Waals surface area contributed by atoms with Gasteiger partial charge in [0.25, 0.3) is 5.91 Å². The molecule has 1 aliphatic rings. The summed E-state index contributed by atoms with van der Waals surface area (Å²) in [6.07, 6.45) is 7.28. The van der Waals surface area contributed by atoms with Gasteiger partial charge in [-0.25, -0.2) is 4.79 Å². The largest absolute Gasteiger partial charge is 0.383 e. The number of para-hydroxylation sites is 2. The quantitative estimate of drug-likeness (QED) is 0.281. The highest BCUT2D eigenvalue weighted by Gasteiger charge is 2.28. The Bertz CT molecular complexity index is 1440. The third kappa shape index (κ3) is 5.61. The number of pyridine rings is 1. The number of ether oxygens (including phenoxy) is 1. The molecule has 0 unspecified atom stereocenters. The van der Waals surface area contributed by atoms with Gasteiger partial charge >= 0.3 is 5.69 Å². The Morgan fingerprint density at radius 3 is 2.31 bits per heavy atom. The van der Waals surface area contributed by atoms with E-state index >= 15 is 0 Å². The van der Waals surface area contributed by atoms with Crippen LogP contribution >= 0.6 is 0 Å². The molecule has 2 aromatic heterocycles. The third-order valence-corrected chi connectivity index (χ3v) is 7.64. The van der Waals surface area contributed by atoms with Gasteiger partial charge in [-0.15, -0.1) is 0 Å². The molecule has 4 aromatic rings. The number of likely N-dealkylation sites (tertiary alicyclic amines) is 1. The second kappa shape index (κ2) is 12.3. The molecular weight excluding hydrogens is 490 g/mol. The van der Waals surface area contributed by atoms with E-state index in [0.717, 1.165) is 54.6 Å². The number of carbonyl (C=O) groups is 1. The van der Waals surface area contributed by atoms with Crippen LogP contribution in [-0.4, -0.2) is 58.3 Å². The lowest BCUT2D eigenvalue weighted by Gasteiger charge is -2.33. The number of imidazole rings is 1. The van der Waals surface area contributed by atoms with Crippen LogP contribution in [0.2, 0.25) is 0 Å². The minimum absolute atomic E-state index is 0.00422. The maximum Gasteiger partial charge on any atom is 0.329 e. The maximum absolute atomic E-state index is 13.4. The van der Waals surface area contributed by atoms with E-state index in [1.807, 2.05) is 70.1 Å². The molecule has 0 saturated carbocycles. The molecular formula is C31H37N5O3. The number of methoxy groups -OCH3 is 1. The van der Waals surface area contributed by atoms with E-state index in [9.17, 15) is 9.59 Å². The van der Waals surface area contributed by atoms with Gasteiger partial charge in [-0.1, -0.05) is 25.5 Å². The summed E-state index contributed by atoms with van der Waals surface area (Å²) < 4.78 is 8.95. The van der Waals surface area contributed by atoms with Crippen LogP contribution in [0, 0.1) is 0 Å². The molecule has 5 rings (SSSR count). The van der Waals surface area contributed by atoms with E-state index in [2.05, 4.69) is 16.8 Å². The van der Waals surface area contributed by atoms with Crippen molar-refractivity contribution in [2.75, 3.05) is 38.3 Å². The first-order valence-electron chi connectivity index (χ1n) is 13.9. The van der Waals surface area contributed by atoms with Crippen molar-refractivity contribution in [2.45, 2.75) is 45.2 Å². The number of piperidine rings is 1. The van der Waals surface area contributed by atoms with Crippen molar-refractivity contribution >= 4 is 28.3 Å². The van der Waals surface area contributed by atoms with E-state index < -0.39 is 0 Å². The third-order valence-electron chi connectivity index (χ3n) is 7.64. The number of carbonyl (C=O) groups excluding carboxylic acids is 1. The fourth-order valence-electron chi connectivity index (χ4n) is 5.52. The number of benzene rings is 2. The topological polar surface area (TPSA) is 72.6 Å². The van der Waals surface area contributed by atoms with E-state index in [0.29, 0.717) is 31.8 Å². The first-order valence-corrected chi connectivity index (χ1v) is 13.9. The molecule has 1 saturated heterocycles. The SMILES string of the molecule is CCCCN(c1ccncc1)c1ccc(C(=O)N2CCC(n3c(=O)n(CCOC)c4ccccc43)CC2)cc1. The summed E-state index contributed by atoms with van der Waals surface area (Å²) in [7, 11) is 1.65. The number of fused-ring (bicyclic) bond motifs is 1. The normalized spacial score (nSPS) is 14.2. The summed E-state index contributed by atoms with van der Waals surface area (Å²) in [6, 6.07) is 19.9. The summed E-state index contributed by atoms with van der Waals surface area (Å²) in [5.74, 6) is 0.0406. The molecule has 0 N–H and O–H groups in total. The van der Waals surface area contributed by atoms with Crippen LogP contribution < -0.4 is 10.6 Å². The molecule has 0 radical (unpaired) electrons. The first kappa shape index (κ1) is 26.7. The summed E-state index contributed by atoms with van der Waals surface area (Å²) in [4.78, 5) is 35.1. The number of nitrogens with zero attached hydrogens (tertiary/aromatic N) is 5. The summed E-state index contributed by atoms with van der Waals surface area (Å²) in [6.45, 7) is 5.34. The molecule has 0 atom stereocenters. The predicted molar refractivity (Wildman–Crippen MR) is 155 cm³/mol. The number of anilines is 2. The number of hydrogen-bond acceptors (Lipinski definition) is 5. The standard InChI is InChI=1S/C31H37N5O3/c1-3-4-19-34(26-13-17-32-18-14-26)25-11-9-24(10-12-25)30(37)33-20-15-27(16-21-33)36-29-8-6-5-7-28(29)35(31(36)38)22-23-39-2/h5-14,17-18,27H,3-4,15-16,19-23H2,1-2H3. The Morgan fingerprint density at radius 1 is 0.974 bits per heavy atom. The average Bonchev–Trinajstić information content (AvgIpc) is 3.27. The molecule has 0 aliphatic carbocycles. The van der Waals surface area contributed by atoms with Gasteiger partial charge < -0.3 is 14.5 Å². The van der Waals surface area contributed by atoms with E-state index in [-0.39, 0.29) is 17.6 Å². The Labute approximate surface area is 229 Å². The Morgan fingerprint density at radius 2 is 1.64 bits per heavy atom. The Kier molecular flexibility index (Phi) is 8.42. The van der Waals surface area contributed by atoms with Gasteiger partial charge in [-0.3, -0.25) is 18.9 Å². The zero-order valence-electron chi connectivity index (χ0n) is 22.8. The summed E-state index contributed by atoms with van der Waals surface area (Å²) in [5.41, 5.74) is 4.72. The van der Waals surface area contributed by atoms with Crippen molar-refractivity contribution in [3.8, 4) is 0 Å². The first-order chi connectivity index (χ1) is 19.1. The van der Waals surface area contributed by atoms with Crippen LogP contribution in [0.5, 0.6) is 0 Å². The van der Waals surface area contributed by atoms with E-state index in [4.69, 9.17) is 4.74 Å². The van der Waals surface area contributed by atoms with Gasteiger partial charge in [0.15, 0.2) is 0 Å². The molecule has 3 heterocycles. The fraction of sp³-hybridized carbons (Fsp3) is 0.387. The predicted octanol–water partition coefficient (Wildman–Crippen LogP) is 5.26. The molecule has 204 valence electrons. The number of rotatable bonds is 10. The van der Waals surface area contributed by atoms with Gasteiger partial charge in [0.05, 0.1) is 24.2 Å². The number of amides is 1. The fourth-order valence-corrected chi connectivity index (χ4v) is 5.52. The molecule has 8 nitrogen and oxygen atoms in total. The zero-order valence-corrected chi connectivity index (χ0v) is 22.8. The van der Waals surface area contributed by atoms with Crippen LogP contribution in [-0.2, 0) is 11.3 Å². The molecule has 1 fully saturated rings. The van der Waals surface area contributed by atoms with Crippen molar-refractivity contribution in [1.82, 2.24) is 19.0 Å². The lowest BCUT2D eigenvalue weighted by molar-refractivity contribution is 0.0694. The van der Waals surface area contributed by atoms with E-state index in [1.54, 1.807) is 24.1 Å². The minimum atomic E-state index is -0.00422. The Hall–Kier alpha value is -3.91. The van der Waals surface area contributed by atoms with Crippen molar-refractivity contribution in [3.63, 3.8) is 0 Å². The van der Waals surface area contributed by atoms with Crippen LogP contribution in [0.3, 0.4) is 0 Å². The summed E-state index contributed by atoms with van der Waals surface area (Å²) in [5, 5.41) is 0. The number of unbranched alkanes of at least 4 members (excludes halogenated alkanes) is 1. The minimum Gasteiger partial charge on any atom is -0.383 e. The molecule has 8 heteroatoms. The zero-order chi connectivity index (χ0) is 27.2. The monoisotopic (exact) mass is 527 g/mol. The highest BCUT2D eigenvalue weighted by atomic mass is 16.5. The van der Waals surface area contributed by atoms with Gasteiger partial charge in [0.2, 0.25) is 0 Å². The summed E-state index contributed by atoms with van der Waals surface area (Å²) >= 11 is 0. The lowest BCUT2D eigenvalue weighted by Crippen LogP contribution is -2.41. The van der Waals surface area contributed by atoms with Crippen molar-refractivity contribution < 1.29 is 9.53 Å². The number of hydrogen-bond donors (Lipinski definition) is 0. The molecule has 0 bridgehead atoms.